The Morgan fingerprint density at radius 2 is 2.05 bits per heavy atom. The van der Waals surface area contributed by atoms with Crippen LogP contribution < -0.4 is 4.74 Å². The Bertz CT molecular complexity index is 740. The van der Waals surface area contributed by atoms with E-state index in [0.29, 0.717) is 19.7 Å². The molecule has 21 heavy (non-hydrogen) atoms. The molecule has 1 amide bonds. The standard InChI is InChI=1S/C17H16N2O2/c1-11-6-14-9-19(10-15(14)8-18-11)17(20)13-2-3-16-12(7-13)4-5-21-16/h2-3,6-8H,4-5,9-10H2,1H3. The number of hydrogen-bond acceptors (Lipinski definition) is 3. The number of aryl methyl sites for hydroxylation is 1. The number of carbonyl (C=O) groups excluding carboxylic acids is 1. The van der Waals surface area contributed by atoms with Gasteiger partial charge in [-0.2, -0.15) is 0 Å². The summed E-state index contributed by atoms with van der Waals surface area (Å²) in [6.07, 6.45) is 2.77. The first-order chi connectivity index (χ1) is 10.2. The minimum absolute atomic E-state index is 0.0820. The predicted octanol–water partition coefficient (Wildman–Crippen LogP) is 2.48. The van der Waals surface area contributed by atoms with E-state index in [1.54, 1.807) is 0 Å². The molecule has 0 N–H and O–H groups in total. The van der Waals surface area contributed by atoms with Gasteiger partial charge in [0.05, 0.1) is 6.61 Å². The molecule has 1 aromatic heterocycles. The number of amides is 1. The third-order valence-electron chi connectivity index (χ3n) is 4.17. The molecule has 2 aliphatic rings. The fourth-order valence-electron chi connectivity index (χ4n) is 3.05. The number of ether oxygens (including phenoxy) is 1. The average molecular weight is 280 g/mol. The number of hydrogen-bond donors (Lipinski definition) is 0. The Hall–Kier alpha value is -2.36. The van der Waals surface area contributed by atoms with Crippen LogP contribution in [0.15, 0.2) is 30.5 Å². The summed E-state index contributed by atoms with van der Waals surface area (Å²) in [7, 11) is 0. The summed E-state index contributed by atoms with van der Waals surface area (Å²) in [6.45, 7) is 4.01. The van der Waals surface area contributed by atoms with E-state index in [0.717, 1.165) is 34.6 Å². The SMILES string of the molecule is Cc1cc2c(cn1)CN(C(=O)c1ccc3c(c1)CCO3)C2. The van der Waals surface area contributed by atoms with Crippen LogP contribution in [0.3, 0.4) is 0 Å². The molecule has 0 fully saturated rings. The molecule has 1 aromatic carbocycles. The molecular formula is C17H16N2O2. The smallest absolute Gasteiger partial charge is 0.254 e. The van der Waals surface area contributed by atoms with Crippen LogP contribution in [-0.2, 0) is 19.5 Å². The van der Waals surface area contributed by atoms with Crippen molar-refractivity contribution >= 4 is 5.91 Å². The van der Waals surface area contributed by atoms with E-state index in [2.05, 4.69) is 11.1 Å². The molecule has 4 rings (SSSR count). The zero-order chi connectivity index (χ0) is 14.4. The maximum Gasteiger partial charge on any atom is 0.254 e. The van der Waals surface area contributed by atoms with Gasteiger partial charge in [-0.3, -0.25) is 9.78 Å². The van der Waals surface area contributed by atoms with Gasteiger partial charge in [-0.25, -0.2) is 0 Å². The van der Waals surface area contributed by atoms with Gasteiger partial charge in [0.2, 0.25) is 0 Å². The maximum absolute atomic E-state index is 12.7. The van der Waals surface area contributed by atoms with Crippen molar-refractivity contribution in [3.63, 3.8) is 0 Å². The van der Waals surface area contributed by atoms with Crippen LogP contribution in [0, 0.1) is 6.92 Å². The van der Waals surface area contributed by atoms with Crippen LogP contribution >= 0.6 is 0 Å². The highest BCUT2D eigenvalue weighted by atomic mass is 16.5. The highest BCUT2D eigenvalue weighted by Crippen LogP contribution is 2.28. The Labute approximate surface area is 123 Å². The number of pyridine rings is 1. The second-order valence-corrected chi connectivity index (χ2v) is 5.68. The zero-order valence-corrected chi connectivity index (χ0v) is 11.9. The third kappa shape index (κ3) is 2.07. The molecule has 4 heteroatoms. The van der Waals surface area contributed by atoms with Crippen molar-refractivity contribution in [2.24, 2.45) is 0 Å². The molecule has 0 spiro atoms. The number of fused-ring (bicyclic) bond motifs is 2. The molecule has 0 saturated carbocycles. The monoisotopic (exact) mass is 280 g/mol. The third-order valence-corrected chi connectivity index (χ3v) is 4.17. The molecule has 0 unspecified atom stereocenters. The van der Waals surface area contributed by atoms with Crippen molar-refractivity contribution in [3.8, 4) is 5.75 Å². The maximum atomic E-state index is 12.7. The van der Waals surface area contributed by atoms with Crippen LogP contribution in [-0.4, -0.2) is 22.4 Å². The van der Waals surface area contributed by atoms with E-state index in [-0.39, 0.29) is 5.91 Å². The van der Waals surface area contributed by atoms with E-state index >= 15 is 0 Å². The van der Waals surface area contributed by atoms with Gasteiger partial charge in [-0.1, -0.05) is 0 Å². The Kier molecular flexibility index (Phi) is 2.70. The van der Waals surface area contributed by atoms with Gasteiger partial charge < -0.3 is 9.64 Å². The van der Waals surface area contributed by atoms with Gasteiger partial charge in [-0.05, 0) is 47.9 Å². The Morgan fingerprint density at radius 3 is 2.95 bits per heavy atom. The second kappa shape index (κ2) is 4.58. The highest BCUT2D eigenvalue weighted by Gasteiger charge is 2.25. The lowest BCUT2D eigenvalue weighted by atomic mass is 10.1. The molecule has 4 nitrogen and oxygen atoms in total. The first kappa shape index (κ1) is 12.4. The molecule has 0 bridgehead atoms. The van der Waals surface area contributed by atoms with Gasteiger partial charge in [0, 0.05) is 37.0 Å². The van der Waals surface area contributed by atoms with Gasteiger partial charge in [0.15, 0.2) is 0 Å². The summed E-state index contributed by atoms with van der Waals surface area (Å²) in [6, 6.07) is 7.81. The predicted molar refractivity (Wildman–Crippen MR) is 78.2 cm³/mol. The summed E-state index contributed by atoms with van der Waals surface area (Å²) in [4.78, 5) is 18.9. The zero-order valence-electron chi connectivity index (χ0n) is 11.9. The molecule has 0 radical (unpaired) electrons. The molecule has 0 aliphatic carbocycles. The van der Waals surface area contributed by atoms with E-state index in [1.807, 2.05) is 36.2 Å². The molecule has 3 heterocycles. The van der Waals surface area contributed by atoms with Crippen LogP contribution in [0.2, 0.25) is 0 Å². The minimum Gasteiger partial charge on any atom is -0.493 e. The van der Waals surface area contributed by atoms with Gasteiger partial charge in [0.25, 0.3) is 5.91 Å². The van der Waals surface area contributed by atoms with E-state index in [9.17, 15) is 4.79 Å². The number of aromatic nitrogens is 1. The van der Waals surface area contributed by atoms with Gasteiger partial charge in [0.1, 0.15) is 5.75 Å². The molecule has 2 aromatic rings. The van der Waals surface area contributed by atoms with Crippen molar-refractivity contribution in [1.82, 2.24) is 9.88 Å². The first-order valence-corrected chi connectivity index (χ1v) is 7.20. The molecule has 2 aliphatic heterocycles. The molecule has 0 saturated heterocycles. The molecule has 106 valence electrons. The first-order valence-electron chi connectivity index (χ1n) is 7.20. The van der Waals surface area contributed by atoms with E-state index in [4.69, 9.17) is 4.74 Å². The lowest BCUT2D eigenvalue weighted by Crippen LogP contribution is -2.25. The highest BCUT2D eigenvalue weighted by molar-refractivity contribution is 5.95. The van der Waals surface area contributed by atoms with E-state index in [1.165, 1.54) is 5.56 Å². The largest absolute Gasteiger partial charge is 0.493 e. The summed E-state index contributed by atoms with van der Waals surface area (Å²) in [5.74, 6) is 0.995. The van der Waals surface area contributed by atoms with Gasteiger partial charge in [-0.15, -0.1) is 0 Å². The summed E-state index contributed by atoms with van der Waals surface area (Å²) < 4.78 is 5.49. The van der Waals surface area contributed by atoms with Crippen molar-refractivity contribution in [2.75, 3.05) is 6.61 Å². The van der Waals surface area contributed by atoms with Crippen molar-refractivity contribution in [1.29, 1.82) is 0 Å². The second-order valence-electron chi connectivity index (χ2n) is 5.68. The van der Waals surface area contributed by atoms with Gasteiger partial charge >= 0.3 is 0 Å². The molecular weight excluding hydrogens is 264 g/mol. The normalized spacial score (nSPS) is 15.6. The number of rotatable bonds is 1. The van der Waals surface area contributed by atoms with Crippen LogP contribution in [0.5, 0.6) is 5.75 Å². The fourth-order valence-corrected chi connectivity index (χ4v) is 3.05. The van der Waals surface area contributed by atoms with Crippen LogP contribution in [0.25, 0.3) is 0 Å². The fraction of sp³-hybridized carbons (Fsp3) is 0.294. The van der Waals surface area contributed by atoms with Crippen molar-refractivity contribution in [3.05, 3.63) is 58.4 Å². The van der Waals surface area contributed by atoms with Crippen molar-refractivity contribution in [2.45, 2.75) is 26.4 Å². The lowest BCUT2D eigenvalue weighted by Gasteiger charge is -2.15. The quantitative estimate of drug-likeness (QED) is 0.806. The lowest BCUT2D eigenvalue weighted by molar-refractivity contribution is 0.0751. The summed E-state index contributed by atoms with van der Waals surface area (Å²) in [5, 5.41) is 0. The Morgan fingerprint density at radius 1 is 1.19 bits per heavy atom. The minimum atomic E-state index is 0.0820. The van der Waals surface area contributed by atoms with Crippen LogP contribution in [0.4, 0.5) is 0 Å². The number of benzene rings is 1. The topological polar surface area (TPSA) is 42.4 Å². The van der Waals surface area contributed by atoms with Crippen molar-refractivity contribution < 1.29 is 9.53 Å². The van der Waals surface area contributed by atoms with E-state index < -0.39 is 0 Å². The van der Waals surface area contributed by atoms with Crippen LogP contribution in [0.1, 0.15) is 32.7 Å². The molecule has 0 atom stereocenters. The Balaban J connectivity index is 1.59. The average Bonchev–Trinajstić information content (AvgIpc) is 3.11. The number of nitrogens with zero attached hydrogens (tertiary/aromatic N) is 2. The summed E-state index contributed by atoms with van der Waals surface area (Å²) >= 11 is 0. The number of carbonyl (C=O) groups is 1. The summed E-state index contributed by atoms with van der Waals surface area (Å²) in [5.41, 5.74) is 5.24.